The molecule has 0 saturated heterocycles. The number of ether oxygens (including phenoxy) is 2. The van der Waals surface area contributed by atoms with Gasteiger partial charge in [-0.3, -0.25) is 0 Å². The lowest BCUT2D eigenvalue weighted by Crippen LogP contribution is -2.16. The van der Waals surface area contributed by atoms with Gasteiger partial charge in [0, 0.05) is 10.9 Å². The third-order valence-electron chi connectivity index (χ3n) is 2.74. The van der Waals surface area contributed by atoms with Crippen molar-refractivity contribution in [2.75, 3.05) is 6.61 Å². The molecule has 0 atom stereocenters. The maximum absolute atomic E-state index is 12.2. The molecule has 1 aromatic carbocycles. The van der Waals surface area contributed by atoms with Gasteiger partial charge in [0.05, 0.1) is 6.61 Å². The maximum Gasteiger partial charge on any atom is 0.573 e. The molecule has 1 aromatic heterocycles. The number of alkyl halides is 3. The van der Waals surface area contributed by atoms with Crippen LogP contribution in [0, 0.1) is 6.92 Å². The highest BCUT2D eigenvalue weighted by Crippen LogP contribution is 2.29. The van der Waals surface area contributed by atoms with Crippen LogP contribution in [-0.4, -0.2) is 23.9 Å². The number of H-pyrrole nitrogens is 1. The van der Waals surface area contributed by atoms with E-state index >= 15 is 0 Å². The van der Waals surface area contributed by atoms with Gasteiger partial charge in [-0.15, -0.1) is 13.2 Å². The van der Waals surface area contributed by atoms with Crippen molar-refractivity contribution in [2.45, 2.75) is 20.2 Å². The first-order valence-corrected chi connectivity index (χ1v) is 5.87. The lowest BCUT2D eigenvalue weighted by Gasteiger charge is -2.08. The van der Waals surface area contributed by atoms with Crippen LogP contribution in [0.4, 0.5) is 13.2 Å². The van der Waals surface area contributed by atoms with E-state index in [1.807, 2.05) is 0 Å². The lowest BCUT2D eigenvalue weighted by molar-refractivity contribution is -0.274. The van der Waals surface area contributed by atoms with E-state index in [4.69, 9.17) is 4.74 Å². The molecule has 0 aliphatic carbocycles. The average Bonchev–Trinajstić information content (AvgIpc) is 2.65. The van der Waals surface area contributed by atoms with Crippen LogP contribution in [0.5, 0.6) is 5.75 Å². The minimum atomic E-state index is -4.75. The summed E-state index contributed by atoms with van der Waals surface area (Å²) in [6.45, 7) is 3.52. The van der Waals surface area contributed by atoms with Crippen molar-refractivity contribution in [1.29, 1.82) is 0 Å². The number of hydrogen-bond acceptors (Lipinski definition) is 3. The van der Waals surface area contributed by atoms with Crippen LogP contribution < -0.4 is 4.74 Å². The van der Waals surface area contributed by atoms with E-state index in [-0.39, 0.29) is 18.1 Å². The van der Waals surface area contributed by atoms with Crippen LogP contribution in [0.1, 0.15) is 23.0 Å². The maximum atomic E-state index is 12.2. The smallest absolute Gasteiger partial charge is 0.461 e. The van der Waals surface area contributed by atoms with Crippen molar-refractivity contribution in [1.82, 2.24) is 4.98 Å². The number of carbonyl (C=O) groups excluding carboxylic acids is 1. The normalized spacial score (nSPS) is 11.7. The second kappa shape index (κ2) is 5.07. The molecule has 20 heavy (non-hydrogen) atoms. The molecule has 2 rings (SSSR count). The van der Waals surface area contributed by atoms with Crippen molar-refractivity contribution in [3.8, 4) is 5.75 Å². The van der Waals surface area contributed by atoms with E-state index in [0.717, 1.165) is 0 Å². The first-order chi connectivity index (χ1) is 9.31. The summed E-state index contributed by atoms with van der Waals surface area (Å²) < 4.78 is 45.2. The molecule has 0 bridgehead atoms. The van der Waals surface area contributed by atoms with Crippen LogP contribution in [0.15, 0.2) is 18.2 Å². The minimum absolute atomic E-state index is 0.218. The molecule has 1 heterocycles. The number of hydrogen-bond donors (Lipinski definition) is 1. The first kappa shape index (κ1) is 14.2. The van der Waals surface area contributed by atoms with Crippen LogP contribution in [0.25, 0.3) is 10.9 Å². The summed E-state index contributed by atoms with van der Waals surface area (Å²) in [6.07, 6.45) is -4.75. The zero-order valence-corrected chi connectivity index (χ0v) is 10.8. The van der Waals surface area contributed by atoms with Crippen molar-refractivity contribution >= 4 is 16.9 Å². The molecule has 0 unspecified atom stereocenters. The zero-order chi connectivity index (χ0) is 14.9. The third kappa shape index (κ3) is 2.87. The topological polar surface area (TPSA) is 51.3 Å². The Kier molecular flexibility index (Phi) is 3.61. The number of esters is 1. The van der Waals surface area contributed by atoms with Gasteiger partial charge in [0.1, 0.15) is 11.4 Å². The fraction of sp³-hybridized carbons (Fsp3) is 0.308. The second-order valence-corrected chi connectivity index (χ2v) is 4.10. The van der Waals surface area contributed by atoms with Crippen molar-refractivity contribution in [3.63, 3.8) is 0 Å². The molecule has 0 aliphatic rings. The Morgan fingerprint density at radius 1 is 1.35 bits per heavy atom. The molecular formula is C13H12F3NO3. The van der Waals surface area contributed by atoms with Gasteiger partial charge in [-0.05, 0) is 37.6 Å². The second-order valence-electron chi connectivity index (χ2n) is 4.10. The molecule has 2 aromatic rings. The van der Waals surface area contributed by atoms with Gasteiger partial charge in [-0.1, -0.05) is 0 Å². The van der Waals surface area contributed by atoms with Gasteiger partial charge in [0.25, 0.3) is 0 Å². The number of halogens is 3. The minimum Gasteiger partial charge on any atom is -0.461 e. The van der Waals surface area contributed by atoms with E-state index in [0.29, 0.717) is 16.5 Å². The molecule has 1 N–H and O–H groups in total. The number of nitrogens with one attached hydrogen (secondary N) is 1. The van der Waals surface area contributed by atoms with Gasteiger partial charge in [0.15, 0.2) is 0 Å². The van der Waals surface area contributed by atoms with E-state index in [1.54, 1.807) is 13.8 Å². The summed E-state index contributed by atoms with van der Waals surface area (Å²) in [4.78, 5) is 14.5. The van der Waals surface area contributed by atoms with Crippen LogP contribution in [0.2, 0.25) is 0 Å². The highest BCUT2D eigenvalue weighted by Gasteiger charge is 2.31. The number of aryl methyl sites for hydroxylation is 1. The summed E-state index contributed by atoms with van der Waals surface area (Å²) >= 11 is 0. The Morgan fingerprint density at radius 2 is 2.05 bits per heavy atom. The predicted molar refractivity (Wildman–Crippen MR) is 65.7 cm³/mol. The Morgan fingerprint density at radius 3 is 2.65 bits per heavy atom. The molecule has 0 fully saturated rings. The number of aromatic amines is 1. The standard InChI is InChI=1S/C13H12F3NO3/c1-3-19-12(18)11-7(2)9-6-8(20-13(14,15)16)4-5-10(9)17-11/h4-6,17H,3H2,1-2H3. The van der Waals surface area contributed by atoms with Gasteiger partial charge in [-0.2, -0.15) is 0 Å². The van der Waals surface area contributed by atoms with Gasteiger partial charge in [-0.25, -0.2) is 4.79 Å². The predicted octanol–water partition coefficient (Wildman–Crippen LogP) is 3.55. The van der Waals surface area contributed by atoms with E-state index in [9.17, 15) is 18.0 Å². The fourth-order valence-corrected chi connectivity index (χ4v) is 1.91. The van der Waals surface area contributed by atoms with Crippen molar-refractivity contribution in [2.24, 2.45) is 0 Å². The van der Waals surface area contributed by atoms with Gasteiger partial charge in [0.2, 0.25) is 0 Å². The summed E-state index contributed by atoms with van der Waals surface area (Å²) in [5.41, 5.74) is 1.29. The molecule has 0 saturated carbocycles. The number of aromatic nitrogens is 1. The van der Waals surface area contributed by atoms with E-state index in [1.165, 1.54) is 18.2 Å². The SMILES string of the molecule is CCOC(=O)c1[nH]c2ccc(OC(F)(F)F)cc2c1C. The molecule has 0 spiro atoms. The third-order valence-corrected chi connectivity index (χ3v) is 2.74. The largest absolute Gasteiger partial charge is 0.573 e. The van der Waals surface area contributed by atoms with Crippen LogP contribution in [-0.2, 0) is 4.74 Å². The van der Waals surface area contributed by atoms with Crippen molar-refractivity contribution < 1.29 is 27.4 Å². The molecule has 108 valence electrons. The lowest BCUT2D eigenvalue weighted by atomic mass is 10.1. The Labute approximate surface area is 112 Å². The van der Waals surface area contributed by atoms with Crippen LogP contribution >= 0.6 is 0 Å². The zero-order valence-electron chi connectivity index (χ0n) is 10.8. The van der Waals surface area contributed by atoms with E-state index < -0.39 is 12.3 Å². The molecule has 0 aliphatic heterocycles. The summed E-state index contributed by atoms with van der Waals surface area (Å²) in [5, 5.41) is 0.481. The Hall–Kier alpha value is -2.18. The highest BCUT2D eigenvalue weighted by molar-refractivity contribution is 5.98. The summed E-state index contributed by atoms with van der Waals surface area (Å²) in [7, 11) is 0. The number of rotatable bonds is 3. The monoisotopic (exact) mass is 287 g/mol. The molecule has 0 amide bonds. The van der Waals surface area contributed by atoms with Gasteiger partial charge >= 0.3 is 12.3 Å². The fourth-order valence-electron chi connectivity index (χ4n) is 1.91. The average molecular weight is 287 g/mol. The number of benzene rings is 1. The Balaban J connectivity index is 2.43. The number of fused-ring (bicyclic) bond motifs is 1. The van der Waals surface area contributed by atoms with Crippen molar-refractivity contribution in [3.05, 3.63) is 29.5 Å². The molecule has 0 radical (unpaired) electrons. The molecule has 7 heteroatoms. The number of carbonyl (C=O) groups is 1. The highest BCUT2D eigenvalue weighted by atomic mass is 19.4. The molecule has 4 nitrogen and oxygen atoms in total. The van der Waals surface area contributed by atoms with E-state index in [2.05, 4.69) is 9.72 Å². The first-order valence-electron chi connectivity index (χ1n) is 5.87. The molecular weight excluding hydrogens is 275 g/mol. The summed E-state index contributed by atoms with van der Waals surface area (Å²) in [5.74, 6) is -0.873. The summed E-state index contributed by atoms with van der Waals surface area (Å²) in [6, 6.07) is 3.84. The Bertz CT molecular complexity index is 646. The quantitative estimate of drug-likeness (QED) is 0.878. The van der Waals surface area contributed by atoms with Crippen LogP contribution in [0.3, 0.4) is 0 Å². The van der Waals surface area contributed by atoms with Gasteiger partial charge < -0.3 is 14.5 Å².